The molecule has 0 aromatic rings. The minimum Gasteiger partial charge on any atom is -0.257 e. The van der Waals surface area contributed by atoms with Crippen molar-refractivity contribution in [3.05, 3.63) is 22.5 Å². The van der Waals surface area contributed by atoms with Crippen LogP contribution in [0.15, 0.2) is 22.5 Å². The molecule has 1 aliphatic rings. The summed E-state index contributed by atoms with van der Waals surface area (Å²) < 4.78 is 0. The van der Waals surface area contributed by atoms with Crippen LogP contribution < -0.4 is 5.32 Å². The molecule has 17 heavy (non-hydrogen) atoms. The zero-order valence-corrected chi connectivity index (χ0v) is 12.1. The monoisotopic (exact) mass is 234 g/mol. The summed E-state index contributed by atoms with van der Waals surface area (Å²) in [5.74, 6) is 0. The predicted octanol–water partition coefficient (Wildman–Crippen LogP) is 5.31. The highest BCUT2D eigenvalue weighted by molar-refractivity contribution is 5.45. The molecule has 0 unspecified atom stereocenters. The summed E-state index contributed by atoms with van der Waals surface area (Å²) in [4.78, 5) is 0. The highest BCUT2D eigenvalue weighted by Crippen LogP contribution is 2.35. The molecule has 0 bridgehead atoms. The summed E-state index contributed by atoms with van der Waals surface area (Å²) in [6.07, 6.45) is 9.68. The van der Waals surface area contributed by atoms with Crippen LogP contribution in [-0.2, 0) is 0 Å². The fourth-order valence-corrected chi connectivity index (χ4v) is 2.62. The average Bonchev–Trinajstić information content (AvgIpc) is 2.61. The Morgan fingerprint density at radius 2 is 0.941 bits per heavy atom. The third kappa shape index (κ3) is 3.62. The molecule has 0 saturated carbocycles. The Labute approximate surface area is 107 Å². The first kappa shape index (κ1) is 14.3. The molecule has 97 valence electrons. The molecule has 0 fully saturated rings. The second kappa shape index (κ2) is 7.58. The maximum Gasteiger partial charge on any atom is 0.0442 e. The Kier molecular flexibility index (Phi) is 6.39. The maximum absolute atomic E-state index is 4.93. The lowest BCUT2D eigenvalue weighted by Crippen LogP contribution is -2.00. The van der Waals surface area contributed by atoms with Crippen molar-refractivity contribution in [2.24, 2.45) is 0 Å². The quantitative estimate of drug-likeness (QED) is 0.540. The molecule has 0 aliphatic carbocycles. The average molecular weight is 234 g/mol. The second-order valence-electron chi connectivity index (χ2n) is 4.96. The van der Waals surface area contributed by atoms with Gasteiger partial charge < -0.3 is 0 Å². The van der Waals surface area contributed by atoms with Crippen molar-refractivity contribution >= 4 is 0 Å². The van der Waals surface area contributed by atoms with Gasteiger partial charge in [-0.25, -0.2) is 0 Å². The largest absolute Gasteiger partial charge is 0.257 e. The van der Waals surface area contributed by atoms with E-state index in [1.807, 2.05) is 0 Å². The summed E-state index contributed by atoms with van der Waals surface area (Å²) in [5.41, 5.74) is 6.00. The van der Waals surface area contributed by atoms with Crippen LogP contribution in [0.4, 0.5) is 0 Å². The van der Waals surface area contributed by atoms with E-state index in [1.165, 1.54) is 49.9 Å². The minimum atomic E-state index is 1.16. The summed E-state index contributed by atoms with van der Waals surface area (Å²) in [6.45, 7) is 9.06. The smallest absolute Gasteiger partial charge is 0.0442 e. The van der Waals surface area contributed by atoms with Gasteiger partial charge >= 0.3 is 0 Å². The van der Waals surface area contributed by atoms with Crippen molar-refractivity contribution in [1.82, 2.24) is 5.32 Å². The minimum absolute atomic E-state index is 1.16. The van der Waals surface area contributed by atoms with Gasteiger partial charge in [-0.15, -0.1) is 0 Å². The normalized spacial score (nSPS) is 15.8. The zero-order valence-electron chi connectivity index (χ0n) is 12.1. The predicted molar refractivity (Wildman–Crippen MR) is 75.8 cm³/mol. The lowest BCUT2D eigenvalue weighted by Gasteiger charge is -2.08. The molecule has 1 aliphatic heterocycles. The highest BCUT2D eigenvalue weighted by Gasteiger charge is 2.23. The first-order chi connectivity index (χ1) is 8.28. The van der Waals surface area contributed by atoms with E-state index in [1.54, 1.807) is 11.1 Å². The van der Waals surface area contributed by atoms with Crippen molar-refractivity contribution in [1.29, 1.82) is 0 Å². The Bertz CT molecular complexity index is 267. The third-order valence-corrected chi connectivity index (χ3v) is 3.30. The molecule has 0 N–H and O–H groups in total. The van der Waals surface area contributed by atoms with Crippen molar-refractivity contribution < 1.29 is 0 Å². The highest BCUT2D eigenvalue weighted by atomic mass is 14.9. The fourth-order valence-electron chi connectivity index (χ4n) is 2.62. The molecule has 0 atom stereocenters. The maximum atomic E-state index is 4.93. The molecule has 0 aromatic carbocycles. The van der Waals surface area contributed by atoms with Crippen LogP contribution in [0, 0.1) is 0 Å². The standard InChI is InChI=1S/C16H28N/c1-5-9-13-14(10-6-2)16(12-8-4)17-15(13)11-7-3/h5-12H2,1-4H3. The summed E-state index contributed by atoms with van der Waals surface area (Å²) in [5, 5.41) is 4.93. The van der Waals surface area contributed by atoms with Crippen LogP contribution in [-0.4, -0.2) is 0 Å². The van der Waals surface area contributed by atoms with Gasteiger partial charge in [-0.2, -0.15) is 0 Å². The molecule has 1 heterocycles. The molecule has 1 radical (unpaired) electrons. The van der Waals surface area contributed by atoms with Gasteiger partial charge in [-0.05, 0) is 36.8 Å². The van der Waals surface area contributed by atoms with Gasteiger partial charge in [-0.1, -0.05) is 53.4 Å². The van der Waals surface area contributed by atoms with Crippen molar-refractivity contribution in [2.75, 3.05) is 0 Å². The molecule has 0 spiro atoms. The molecule has 1 nitrogen and oxygen atoms in total. The van der Waals surface area contributed by atoms with E-state index in [2.05, 4.69) is 27.7 Å². The van der Waals surface area contributed by atoms with Crippen LogP contribution in [0.3, 0.4) is 0 Å². The Morgan fingerprint density at radius 3 is 1.24 bits per heavy atom. The van der Waals surface area contributed by atoms with Crippen LogP contribution in [0.25, 0.3) is 0 Å². The van der Waals surface area contributed by atoms with Gasteiger partial charge in [0.05, 0.1) is 0 Å². The van der Waals surface area contributed by atoms with Gasteiger partial charge in [-0.3, -0.25) is 5.32 Å². The van der Waals surface area contributed by atoms with E-state index in [-0.39, 0.29) is 0 Å². The van der Waals surface area contributed by atoms with Crippen molar-refractivity contribution in [2.45, 2.75) is 79.1 Å². The van der Waals surface area contributed by atoms with E-state index in [0.29, 0.717) is 0 Å². The Balaban J connectivity index is 2.91. The van der Waals surface area contributed by atoms with Gasteiger partial charge in [0.25, 0.3) is 0 Å². The number of hydrogen-bond donors (Lipinski definition) is 0. The lowest BCUT2D eigenvalue weighted by atomic mass is 9.95. The molecular formula is C16H28N. The summed E-state index contributed by atoms with van der Waals surface area (Å²) in [7, 11) is 0. The molecule has 1 heteroatoms. The van der Waals surface area contributed by atoms with Crippen LogP contribution in [0.1, 0.15) is 79.1 Å². The summed E-state index contributed by atoms with van der Waals surface area (Å²) in [6, 6.07) is 0. The molecule has 0 saturated heterocycles. The Hall–Kier alpha value is -0.720. The fraction of sp³-hybridized carbons (Fsp3) is 0.750. The first-order valence-electron chi connectivity index (χ1n) is 7.44. The third-order valence-electron chi connectivity index (χ3n) is 3.30. The van der Waals surface area contributed by atoms with Crippen LogP contribution in [0.2, 0.25) is 0 Å². The number of allylic oxidation sites excluding steroid dienone is 4. The van der Waals surface area contributed by atoms with E-state index in [0.717, 1.165) is 12.8 Å². The van der Waals surface area contributed by atoms with Crippen molar-refractivity contribution in [3.8, 4) is 0 Å². The zero-order chi connectivity index (χ0) is 12.7. The van der Waals surface area contributed by atoms with Crippen LogP contribution in [0.5, 0.6) is 0 Å². The molecular weight excluding hydrogens is 206 g/mol. The van der Waals surface area contributed by atoms with Gasteiger partial charge in [0.1, 0.15) is 0 Å². The van der Waals surface area contributed by atoms with Gasteiger partial charge in [0, 0.05) is 11.4 Å². The molecule has 0 aromatic heterocycles. The number of rotatable bonds is 8. The Morgan fingerprint density at radius 1 is 0.588 bits per heavy atom. The van der Waals surface area contributed by atoms with Gasteiger partial charge in [0.2, 0.25) is 0 Å². The van der Waals surface area contributed by atoms with Crippen LogP contribution >= 0.6 is 0 Å². The second-order valence-corrected chi connectivity index (χ2v) is 4.96. The van der Waals surface area contributed by atoms with E-state index < -0.39 is 0 Å². The van der Waals surface area contributed by atoms with Gasteiger partial charge in [0.15, 0.2) is 0 Å². The summed E-state index contributed by atoms with van der Waals surface area (Å²) >= 11 is 0. The van der Waals surface area contributed by atoms with E-state index in [4.69, 9.17) is 5.32 Å². The SMILES string of the molecule is CCCC1=C(CCC)C(CCC)=C(CCC)[N]1. The molecule has 1 rings (SSSR count). The van der Waals surface area contributed by atoms with E-state index in [9.17, 15) is 0 Å². The first-order valence-corrected chi connectivity index (χ1v) is 7.44. The van der Waals surface area contributed by atoms with E-state index >= 15 is 0 Å². The number of hydrogen-bond acceptors (Lipinski definition) is 0. The number of nitrogens with zero attached hydrogens (tertiary/aromatic N) is 1. The lowest BCUT2D eigenvalue weighted by molar-refractivity contribution is 0.757. The topological polar surface area (TPSA) is 14.1 Å². The molecule has 0 amide bonds. The van der Waals surface area contributed by atoms with Crippen molar-refractivity contribution in [3.63, 3.8) is 0 Å².